The minimum Gasteiger partial charge on any atom is -0.256 e. The van der Waals surface area contributed by atoms with Gasteiger partial charge in [0.1, 0.15) is 0 Å². The maximum Gasteiger partial charge on any atom is 0.0630 e. The zero-order valence-electron chi connectivity index (χ0n) is 8.40. The van der Waals surface area contributed by atoms with Crippen LogP contribution in [0.1, 0.15) is 5.56 Å². The number of benzene rings is 2. The highest BCUT2D eigenvalue weighted by Crippen LogP contribution is 2.18. The molecule has 0 N–H and O–H groups in total. The molecule has 0 unspecified atom stereocenters. The molecule has 0 fully saturated rings. The molecule has 0 saturated carbocycles. The van der Waals surface area contributed by atoms with Crippen molar-refractivity contribution in [2.24, 2.45) is 4.99 Å². The van der Waals surface area contributed by atoms with Crippen LogP contribution in [0, 0.1) is 0 Å². The van der Waals surface area contributed by atoms with Gasteiger partial charge in [-0.25, -0.2) is 0 Å². The third kappa shape index (κ3) is 3.03. The smallest absolute Gasteiger partial charge is 0.0630 e. The molecule has 2 aromatic carbocycles. The van der Waals surface area contributed by atoms with E-state index in [1.807, 2.05) is 54.7 Å². The van der Waals surface area contributed by atoms with E-state index >= 15 is 0 Å². The Bertz CT molecular complexity index is 504. The van der Waals surface area contributed by atoms with Gasteiger partial charge in [0.25, 0.3) is 0 Å². The predicted octanol–water partition coefficient (Wildman–Crippen LogP) is 4.96. The predicted molar refractivity (Wildman–Crippen MR) is 75.5 cm³/mol. The maximum absolute atomic E-state index is 4.40. The van der Waals surface area contributed by atoms with Crippen molar-refractivity contribution in [3.63, 3.8) is 0 Å². The topological polar surface area (TPSA) is 12.4 Å². The molecule has 0 aromatic heterocycles. The summed E-state index contributed by atoms with van der Waals surface area (Å²) < 4.78 is 2.11. The number of aliphatic imine (C=N–C) groups is 1. The summed E-state index contributed by atoms with van der Waals surface area (Å²) in [4.78, 5) is 4.40. The standard InChI is InChI=1S/C13H9Br2N/c14-11-5-7-12(8-6-11)16-9-10-3-1-2-4-13(10)15/h1-9H. The Morgan fingerprint density at radius 3 is 2.25 bits per heavy atom. The van der Waals surface area contributed by atoms with Crippen molar-refractivity contribution in [3.05, 3.63) is 63.0 Å². The molecule has 0 radical (unpaired) electrons. The molecule has 80 valence electrons. The molecular weight excluding hydrogens is 330 g/mol. The normalized spacial score (nSPS) is 10.9. The first-order valence-electron chi connectivity index (χ1n) is 4.80. The Morgan fingerprint density at radius 2 is 1.56 bits per heavy atom. The van der Waals surface area contributed by atoms with Crippen LogP contribution in [0.2, 0.25) is 0 Å². The molecule has 0 spiro atoms. The van der Waals surface area contributed by atoms with E-state index in [1.165, 1.54) is 0 Å². The third-order valence-corrected chi connectivity index (χ3v) is 3.34. The van der Waals surface area contributed by atoms with Crippen molar-refractivity contribution in [1.82, 2.24) is 0 Å². The van der Waals surface area contributed by atoms with E-state index < -0.39 is 0 Å². The van der Waals surface area contributed by atoms with Gasteiger partial charge in [0, 0.05) is 20.7 Å². The van der Waals surface area contributed by atoms with E-state index in [0.717, 1.165) is 20.2 Å². The quantitative estimate of drug-likeness (QED) is 0.686. The second-order valence-electron chi connectivity index (χ2n) is 3.26. The summed E-state index contributed by atoms with van der Waals surface area (Å²) in [6, 6.07) is 15.9. The Hall–Kier alpha value is -0.930. The zero-order chi connectivity index (χ0) is 11.4. The Labute approximate surface area is 111 Å². The van der Waals surface area contributed by atoms with Crippen molar-refractivity contribution in [2.45, 2.75) is 0 Å². The number of rotatable bonds is 2. The highest BCUT2D eigenvalue weighted by Gasteiger charge is 1.94. The average molecular weight is 339 g/mol. The summed E-state index contributed by atoms with van der Waals surface area (Å²) in [6.45, 7) is 0. The average Bonchev–Trinajstić information content (AvgIpc) is 2.30. The SMILES string of the molecule is Brc1ccc(N=Cc2ccccc2Br)cc1. The molecule has 0 amide bonds. The largest absolute Gasteiger partial charge is 0.256 e. The van der Waals surface area contributed by atoms with E-state index in [9.17, 15) is 0 Å². The fraction of sp³-hybridized carbons (Fsp3) is 0. The van der Waals surface area contributed by atoms with Crippen molar-refractivity contribution >= 4 is 43.8 Å². The fourth-order valence-corrected chi connectivity index (χ4v) is 1.90. The summed E-state index contributed by atoms with van der Waals surface area (Å²) in [5, 5.41) is 0. The highest BCUT2D eigenvalue weighted by atomic mass is 79.9. The number of hydrogen-bond acceptors (Lipinski definition) is 1. The summed E-state index contributed by atoms with van der Waals surface area (Å²) >= 11 is 6.88. The van der Waals surface area contributed by atoms with Gasteiger partial charge in [0.2, 0.25) is 0 Å². The molecule has 0 aliphatic heterocycles. The number of halogens is 2. The van der Waals surface area contributed by atoms with Crippen LogP contribution in [-0.4, -0.2) is 6.21 Å². The summed E-state index contributed by atoms with van der Waals surface area (Å²) in [5.41, 5.74) is 2.02. The Balaban J connectivity index is 2.21. The summed E-state index contributed by atoms with van der Waals surface area (Å²) in [5.74, 6) is 0. The number of nitrogens with zero attached hydrogens (tertiary/aromatic N) is 1. The fourth-order valence-electron chi connectivity index (χ4n) is 1.25. The van der Waals surface area contributed by atoms with Gasteiger partial charge in [-0.3, -0.25) is 4.99 Å². The first-order valence-corrected chi connectivity index (χ1v) is 6.38. The molecule has 0 atom stereocenters. The van der Waals surface area contributed by atoms with Gasteiger partial charge in [-0.2, -0.15) is 0 Å². The third-order valence-electron chi connectivity index (χ3n) is 2.08. The van der Waals surface area contributed by atoms with Crippen LogP contribution in [-0.2, 0) is 0 Å². The van der Waals surface area contributed by atoms with E-state index in [1.54, 1.807) is 0 Å². The van der Waals surface area contributed by atoms with Crippen LogP contribution < -0.4 is 0 Å². The second kappa shape index (κ2) is 5.41. The zero-order valence-corrected chi connectivity index (χ0v) is 11.6. The van der Waals surface area contributed by atoms with Crippen LogP contribution in [0.25, 0.3) is 0 Å². The number of hydrogen-bond donors (Lipinski definition) is 0. The Kier molecular flexibility index (Phi) is 3.91. The lowest BCUT2D eigenvalue weighted by Crippen LogP contribution is -1.81. The van der Waals surface area contributed by atoms with Gasteiger partial charge < -0.3 is 0 Å². The molecular formula is C13H9Br2N. The highest BCUT2D eigenvalue weighted by molar-refractivity contribution is 9.10. The van der Waals surface area contributed by atoms with Gasteiger partial charge in [-0.1, -0.05) is 50.1 Å². The lowest BCUT2D eigenvalue weighted by molar-refractivity contribution is 1.50. The molecule has 0 aliphatic rings. The molecule has 16 heavy (non-hydrogen) atoms. The van der Waals surface area contributed by atoms with Crippen molar-refractivity contribution in [1.29, 1.82) is 0 Å². The van der Waals surface area contributed by atoms with Crippen LogP contribution in [0.3, 0.4) is 0 Å². The van der Waals surface area contributed by atoms with Gasteiger partial charge in [-0.15, -0.1) is 0 Å². The first-order chi connectivity index (χ1) is 7.75. The van der Waals surface area contributed by atoms with Gasteiger partial charge >= 0.3 is 0 Å². The van der Waals surface area contributed by atoms with Crippen molar-refractivity contribution in [2.75, 3.05) is 0 Å². The molecule has 2 rings (SSSR count). The van der Waals surface area contributed by atoms with Crippen molar-refractivity contribution < 1.29 is 0 Å². The monoisotopic (exact) mass is 337 g/mol. The van der Waals surface area contributed by atoms with Gasteiger partial charge in [0.05, 0.1) is 5.69 Å². The molecule has 0 bridgehead atoms. The molecule has 2 aromatic rings. The molecule has 1 nitrogen and oxygen atoms in total. The summed E-state index contributed by atoms with van der Waals surface area (Å²) in [6.07, 6.45) is 1.85. The lowest BCUT2D eigenvalue weighted by atomic mass is 10.2. The minimum absolute atomic E-state index is 0.943. The molecule has 0 heterocycles. The van der Waals surface area contributed by atoms with Gasteiger partial charge in [-0.05, 0) is 30.3 Å². The first kappa shape index (κ1) is 11.6. The van der Waals surface area contributed by atoms with Crippen LogP contribution in [0.5, 0.6) is 0 Å². The van der Waals surface area contributed by atoms with Crippen LogP contribution >= 0.6 is 31.9 Å². The van der Waals surface area contributed by atoms with Crippen LogP contribution in [0.15, 0.2) is 62.5 Å². The Morgan fingerprint density at radius 1 is 0.875 bits per heavy atom. The molecule has 0 saturated heterocycles. The maximum atomic E-state index is 4.40. The van der Waals surface area contributed by atoms with E-state index in [0.29, 0.717) is 0 Å². The van der Waals surface area contributed by atoms with E-state index in [4.69, 9.17) is 0 Å². The van der Waals surface area contributed by atoms with Gasteiger partial charge in [0.15, 0.2) is 0 Å². The lowest BCUT2D eigenvalue weighted by Gasteiger charge is -1.97. The minimum atomic E-state index is 0.943. The molecule has 0 aliphatic carbocycles. The van der Waals surface area contributed by atoms with Crippen LogP contribution in [0.4, 0.5) is 5.69 Å². The van der Waals surface area contributed by atoms with E-state index in [2.05, 4.69) is 36.9 Å². The molecule has 3 heteroatoms. The summed E-state index contributed by atoms with van der Waals surface area (Å²) in [7, 11) is 0. The van der Waals surface area contributed by atoms with E-state index in [-0.39, 0.29) is 0 Å². The second-order valence-corrected chi connectivity index (χ2v) is 5.03. The van der Waals surface area contributed by atoms with Crippen molar-refractivity contribution in [3.8, 4) is 0 Å².